The second-order valence-electron chi connectivity index (χ2n) is 8.24. The summed E-state index contributed by atoms with van der Waals surface area (Å²) in [6, 6.07) is 0. The third-order valence-electron chi connectivity index (χ3n) is 5.99. The van der Waals surface area contributed by atoms with Gasteiger partial charge in [0.15, 0.2) is 5.79 Å². The standard InChI is InChI=1S/C15H28O2.C6H15N/c1-5-13-11-16-15(17-13)9-7-12(8-10-15)14(3,4)6-2;1-3-5-7-6-4-2/h12-13H,5-11H2,1-4H3;7H,3-6H2,1-2H3. The van der Waals surface area contributed by atoms with E-state index in [1.807, 2.05) is 0 Å². The number of ether oxygens (including phenoxy) is 2. The van der Waals surface area contributed by atoms with Crippen molar-refractivity contribution in [1.29, 1.82) is 0 Å². The topological polar surface area (TPSA) is 30.5 Å². The van der Waals surface area contributed by atoms with E-state index in [-0.39, 0.29) is 5.79 Å². The minimum absolute atomic E-state index is 0.207. The molecule has 3 nitrogen and oxygen atoms in total. The molecule has 144 valence electrons. The maximum absolute atomic E-state index is 6.11. The fourth-order valence-corrected chi connectivity index (χ4v) is 3.69. The predicted octanol–water partition coefficient (Wildman–Crippen LogP) is 5.53. The molecule has 0 amide bonds. The Morgan fingerprint density at radius 2 is 1.58 bits per heavy atom. The molecule has 2 fully saturated rings. The monoisotopic (exact) mass is 341 g/mol. The molecule has 1 unspecified atom stereocenters. The first-order chi connectivity index (χ1) is 11.4. The molecule has 1 saturated carbocycles. The second-order valence-corrected chi connectivity index (χ2v) is 8.24. The van der Waals surface area contributed by atoms with E-state index in [0.717, 1.165) is 31.8 Å². The molecule has 2 rings (SSSR count). The van der Waals surface area contributed by atoms with E-state index in [2.05, 4.69) is 46.9 Å². The van der Waals surface area contributed by atoms with Crippen LogP contribution in [0.2, 0.25) is 0 Å². The smallest absolute Gasteiger partial charge is 0.168 e. The van der Waals surface area contributed by atoms with Gasteiger partial charge >= 0.3 is 0 Å². The molecule has 3 heteroatoms. The van der Waals surface area contributed by atoms with E-state index in [4.69, 9.17) is 9.47 Å². The highest BCUT2D eigenvalue weighted by Crippen LogP contribution is 2.47. The minimum Gasteiger partial charge on any atom is -0.347 e. The van der Waals surface area contributed by atoms with Crippen molar-refractivity contribution in [1.82, 2.24) is 5.32 Å². The van der Waals surface area contributed by atoms with Gasteiger partial charge in [-0.25, -0.2) is 0 Å². The van der Waals surface area contributed by atoms with Crippen LogP contribution in [-0.2, 0) is 9.47 Å². The van der Waals surface area contributed by atoms with Gasteiger partial charge in [0.05, 0.1) is 12.7 Å². The average molecular weight is 342 g/mol. The molecule has 1 aliphatic carbocycles. The summed E-state index contributed by atoms with van der Waals surface area (Å²) >= 11 is 0. The first-order valence-electron chi connectivity index (χ1n) is 10.5. The van der Waals surface area contributed by atoms with E-state index in [9.17, 15) is 0 Å². The van der Waals surface area contributed by atoms with Crippen molar-refractivity contribution in [3.05, 3.63) is 0 Å². The lowest BCUT2D eigenvalue weighted by molar-refractivity contribution is -0.197. The van der Waals surface area contributed by atoms with E-state index >= 15 is 0 Å². The van der Waals surface area contributed by atoms with Gasteiger partial charge in [0, 0.05) is 12.8 Å². The number of rotatable bonds is 7. The molecule has 0 aromatic carbocycles. The van der Waals surface area contributed by atoms with Gasteiger partial charge in [0.1, 0.15) is 0 Å². The molecule has 1 heterocycles. The van der Waals surface area contributed by atoms with Gasteiger partial charge in [0.25, 0.3) is 0 Å². The van der Waals surface area contributed by atoms with Crippen molar-refractivity contribution in [2.45, 2.75) is 105 Å². The zero-order valence-electron chi connectivity index (χ0n) is 17.2. The molecule has 1 atom stereocenters. The fraction of sp³-hybridized carbons (Fsp3) is 1.00. The van der Waals surface area contributed by atoms with Crippen molar-refractivity contribution < 1.29 is 9.47 Å². The Hall–Kier alpha value is -0.120. The Bertz CT molecular complexity index is 318. The maximum atomic E-state index is 6.11. The highest BCUT2D eigenvalue weighted by Gasteiger charge is 2.45. The lowest BCUT2D eigenvalue weighted by Gasteiger charge is -2.42. The molecule has 0 bridgehead atoms. The third-order valence-corrected chi connectivity index (χ3v) is 5.99. The van der Waals surface area contributed by atoms with Crippen LogP contribution in [0.25, 0.3) is 0 Å². The highest BCUT2D eigenvalue weighted by atomic mass is 16.7. The quantitative estimate of drug-likeness (QED) is 0.618. The van der Waals surface area contributed by atoms with Gasteiger partial charge in [-0.1, -0.05) is 48.0 Å². The van der Waals surface area contributed by atoms with Crippen LogP contribution in [0.4, 0.5) is 0 Å². The molecule has 1 spiro atoms. The second kappa shape index (κ2) is 10.8. The van der Waals surface area contributed by atoms with E-state index in [0.29, 0.717) is 11.5 Å². The highest BCUT2D eigenvalue weighted by molar-refractivity contribution is 4.89. The third kappa shape index (κ3) is 6.65. The Morgan fingerprint density at radius 3 is 2.00 bits per heavy atom. The maximum Gasteiger partial charge on any atom is 0.168 e. The summed E-state index contributed by atoms with van der Waals surface area (Å²) in [5.41, 5.74) is 0.477. The zero-order valence-corrected chi connectivity index (χ0v) is 17.2. The summed E-state index contributed by atoms with van der Waals surface area (Å²) < 4.78 is 12.1. The predicted molar refractivity (Wildman–Crippen MR) is 103 cm³/mol. The summed E-state index contributed by atoms with van der Waals surface area (Å²) in [6.45, 7) is 16.8. The minimum atomic E-state index is -0.207. The Morgan fingerprint density at radius 1 is 1.00 bits per heavy atom. The first kappa shape index (κ1) is 21.9. The van der Waals surface area contributed by atoms with Crippen LogP contribution in [-0.4, -0.2) is 31.6 Å². The zero-order chi connectivity index (χ0) is 18.1. The van der Waals surface area contributed by atoms with Crippen LogP contribution in [0.1, 0.15) is 92.9 Å². The van der Waals surface area contributed by atoms with E-state index < -0.39 is 0 Å². The van der Waals surface area contributed by atoms with Crippen LogP contribution in [0.5, 0.6) is 0 Å². The Balaban J connectivity index is 0.000000351. The van der Waals surface area contributed by atoms with Crippen LogP contribution in [0, 0.1) is 11.3 Å². The molecular weight excluding hydrogens is 298 g/mol. The van der Waals surface area contributed by atoms with Crippen molar-refractivity contribution >= 4 is 0 Å². The van der Waals surface area contributed by atoms with Crippen LogP contribution >= 0.6 is 0 Å². The summed E-state index contributed by atoms with van der Waals surface area (Å²) in [4.78, 5) is 0. The van der Waals surface area contributed by atoms with Gasteiger partial charge in [-0.15, -0.1) is 0 Å². The molecular formula is C21H43NO2. The van der Waals surface area contributed by atoms with Crippen molar-refractivity contribution in [2.24, 2.45) is 11.3 Å². The molecule has 24 heavy (non-hydrogen) atoms. The molecule has 1 N–H and O–H groups in total. The van der Waals surface area contributed by atoms with E-state index in [1.54, 1.807) is 0 Å². The lowest BCUT2D eigenvalue weighted by Crippen LogP contribution is -2.39. The van der Waals surface area contributed by atoms with Crippen LogP contribution < -0.4 is 5.32 Å². The van der Waals surface area contributed by atoms with Crippen molar-refractivity contribution in [3.8, 4) is 0 Å². The van der Waals surface area contributed by atoms with Gasteiger partial charge in [-0.3, -0.25) is 0 Å². The van der Waals surface area contributed by atoms with Gasteiger partial charge in [-0.05, 0) is 56.5 Å². The Kier molecular flexibility index (Phi) is 9.84. The number of nitrogens with one attached hydrogen (secondary N) is 1. The summed E-state index contributed by atoms with van der Waals surface area (Å²) in [6.07, 6.45) is 9.89. The van der Waals surface area contributed by atoms with E-state index in [1.165, 1.54) is 45.2 Å². The molecule has 0 radical (unpaired) electrons. The molecule has 1 saturated heterocycles. The normalized spacial score (nSPS) is 30.2. The average Bonchev–Trinajstić information content (AvgIpc) is 2.99. The summed E-state index contributed by atoms with van der Waals surface area (Å²) in [5.74, 6) is 0.632. The first-order valence-corrected chi connectivity index (χ1v) is 10.5. The summed E-state index contributed by atoms with van der Waals surface area (Å²) in [7, 11) is 0. The van der Waals surface area contributed by atoms with Crippen molar-refractivity contribution in [2.75, 3.05) is 19.7 Å². The fourth-order valence-electron chi connectivity index (χ4n) is 3.69. The molecule has 0 aromatic heterocycles. The SMILES string of the molecule is CCC1COC2(CCC(C(C)(C)CC)CC2)O1.CCCNCCC. The number of hydrogen-bond acceptors (Lipinski definition) is 3. The van der Waals surface area contributed by atoms with Crippen LogP contribution in [0.15, 0.2) is 0 Å². The van der Waals surface area contributed by atoms with Gasteiger partial charge < -0.3 is 14.8 Å². The molecule has 2 aliphatic rings. The lowest BCUT2D eigenvalue weighted by atomic mass is 9.68. The van der Waals surface area contributed by atoms with Crippen LogP contribution in [0.3, 0.4) is 0 Å². The summed E-state index contributed by atoms with van der Waals surface area (Å²) in [5, 5.41) is 3.28. The Labute approximate surface area is 151 Å². The molecule has 0 aromatic rings. The number of hydrogen-bond donors (Lipinski definition) is 1. The van der Waals surface area contributed by atoms with Gasteiger partial charge in [-0.2, -0.15) is 0 Å². The van der Waals surface area contributed by atoms with Crippen molar-refractivity contribution in [3.63, 3.8) is 0 Å². The largest absolute Gasteiger partial charge is 0.347 e. The molecule has 1 aliphatic heterocycles. The van der Waals surface area contributed by atoms with Gasteiger partial charge in [0.2, 0.25) is 0 Å².